The first-order valence-corrected chi connectivity index (χ1v) is 7.69. The van der Waals surface area contributed by atoms with Crippen molar-refractivity contribution in [2.24, 2.45) is 0 Å². The minimum absolute atomic E-state index is 0. The van der Waals surface area contributed by atoms with Crippen LogP contribution in [0.25, 0.3) is 0 Å². The number of thiophene rings is 1. The second kappa shape index (κ2) is 6.58. The van der Waals surface area contributed by atoms with Gasteiger partial charge in [0.15, 0.2) is 0 Å². The second-order valence-corrected chi connectivity index (χ2v) is 6.26. The number of fused-ring (bicyclic) bond motifs is 1. The fourth-order valence-electron chi connectivity index (χ4n) is 2.67. The molecule has 0 spiro atoms. The highest BCUT2D eigenvalue weighted by Crippen LogP contribution is 2.33. The van der Waals surface area contributed by atoms with Gasteiger partial charge in [-0.1, -0.05) is 29.8 Å². The molecule has 112 valence electrons. The van der Waals surface area contributed by atoms with Crippen LogP contribution < -0.4 is 0 Å². The average Bonchev–Trinajstić information content (AvgIpc) is 2.88. The molecule has 3 N–H and O–H groups in total. The SMILES string of the molecule is O.O=C(O)[C@H](c1ccccc1Cl)N1CCc2sccc2C1. The Labute approximate surface area is 131 Å². The Morgan fingerprint density at radius 3 is 2.81 bits per heavy atom. The molecular weight excluding hydrogens is 310 g/mol. The lowest BCUT2D eigenvalue weighted by Gasteiger charge is -2.32. The molecule has 0 bridgehead atoms. The van der Waals surface area contributed by atoms with E-state index in [-0.39, 0.29) is 5.48 Å². The molecule has 1 aliphatic heterocycles. The molecule has 0 fully saturated rings. The third kappa shape index (κ3) is 3.11. The van der Waals surface area contributed by atoms with E-state index in [0.717, 1.165) is 13.0 Å². The number of hydrogen-bond acceptors (Lipinski definition) is 3. The maximum Gasteiger partial charge on any atom is 0.325 e. The van der Waals surface area contributed by atoms with Crippen LogP contribution in [-0.4, -0.2) is 28.0 Å². The number of carboxylic acids is 1. The van der Waals surface area contributed by atoms with E-state index in [4.69, 9.17) is 11.6 Å². The van der Waals surface area contributed by atoms with Crippen molar-refractivity contribution in [2.45, 2.75) is 19.0 Å². The zero-order valence-electron chi connectivity index (χ0n) is 11.3. The van der Waals surface area contributed by atoms with Gasteiger partial charge < -0.3 is 10.6 Å². The summed E-state index contributed by atoms with van der Waals surface area (Å²) < 4.78 is 0. The van der Waals surface area contributed by atoms with Crippen LogP contribution in [0.3, 0.4) is 0 Å². The van der Waals surface area contributed by atoms with Gasteiger partial charge in [0.2, 0.25) is 0 Å². The Balaban J connectivity index is 0.00000161. The summed E-state index contributed by atoms with van der Waals surface area (Å²) in [7, 11) is 0. The maximum absolute atomic E-state index is 11.7. The van der Waals surface area contributed by atoms with E-state index in [1.165, 1.54) is 10.4 Å². The molecule has 0 radical (unpaired) electrons. The van der Waals surface area contributed by atoms with Crippen molar-refractivity contribution in [1.82, 2.24) is 4.90 Å². The van der Waals surface area contributed by atoms with Gasteiger partial charge in [-0.05, 0) is 35.1 Å². The summed E-state index contributed by atoms with van der Waals surface area (Å²) in [5, 5.41) is 12.2. The van der Waals surface area contributed by atoms with Crippen LogP contribution in [0.15, 0.2) is 35.7 Å². The number of carboxylic acid groups (broad SMARTS) is 1. The number of aliphatic carboxylic acids is 1. The molecule has 0 saturated heterocycles. The van der Waals surface area contributed by atoms with Gasteiger partial charge in [0.05, 0.1) is 0 Å². The molecule has 0 saturated carbocycles. The first kappa shape index (κ1) is 16.0. The summed E-state index contributed by atoms with van der Waals surface area (Å²) in [5.74, 6) is -0.850. The summed E-state index contributed by atoms with van der Waals surface area (Å²) in [6.45, 7) is 1.41. The van der Waals surface area contributed by atoms with Crippen LogP contribution >= 0.6 is 22.9 Å². The maximum atomic E-state index is 11.7. The third-order valence-corrected chi connectivity index (χ3v) is 5.00. The highest BCUT2D eigenvalue weighted by atomic mass is 35.5. The molecule has 1 aromatic carbocycles. The minimum atomic E-state index is -0.850. The summed E-state index contributed by atoms with van der Waals surface area (Å²) >= 11 is 7.92. The van der Waals surface area contributed by atoms with E-state index in [1.807, 2.05) is 17.0 Å². The zero-order valence-corrected chi connectivity index (χ0v) is 12.8. The number of carbonyl (C=O) groups is 1. The lowest BCUT2D eigenvalue weighted by molar-refractivity contribution is -0.144. The Hall–Kier alpha value is -1.40. The van der Waals surface area contributed by atoms with Crippen LogP contribution in [0.1, 0.15) is 22.0 Å². The molecule has 21 heavy (non-hydrogen) atoms. The Kier molecular flexibility index (Phi) is 5.00. The summed E-state index contributed by atoms with van der Waals surface area (Å²) in [6.07, 6.45) is 0.904. The molecule has 1 atom stereocenters. The topological polar surface area (TPSA) is 72.0 Å². The second-order valence-electron chi connectivity index (χ2n) is 4.85. The van der Waals surface area contributed by atoms with Crippen molar-refractivity contribution in [2.75, 3.05) is 6.54 Å². The molecule has 0 aliphatic carbocycles. The molecule has 2 aromatic rings. The van der Waals surface area contributed by atoms with Gasteiger partial charge in [0.25, 0.3) is 0 Å². The number of halogens is 1. The van der Waals surface area contributed by atoms with Crippen molar-refractivity contribution in [3.05, 3.63) is 56.7 Å². The highest BCUT2D eigenvalue weighted by molar-refractivity contribution is 7.10. The predicted octanol–water partition coefficient (Wildman–Crippen LogP) is 2.76. The molecule has 2 heterocycles. The fourth-order valence-corrected chi connectivity index (χ4v) is 3.80. The number of benzene rings is 1. The number of rotatable bonds is 3. The molecule has 0 amide bonds. The predicted molar refractivity (Wildman–Crippen MR) is 83.9 cm³/mol. The van der Waals surface area contributed by atoms with Crippen LogP contribution in [0, 0.1) is 0 Å². The monoisotopic (exact) mass is 325 g/mol. The average molecular weight is 326 g/mol. The van der Waals surface area contributed by atoms with Crippen LogP contribution in [0.2, 0.25) is 5.02 Å². The summed E-state index contributed by atoms with van der Waals surface area (Å²) in [4.78, 5) is 15.1. The van der Waals surface area contributed by atoms with E-state index >= 15 is 0 Å². The van der Waals surface area contributed by atoms with Gasteiger partial charge in [-0.2, -0.15) is 0 Å². The van der Waals surface area contributed by atoms with E-state index in [0.29, 0.717) is 17.1 Å². The Morgan fingerprint density at radius 2 is 2.10 bits per heavy atom. The zero-order chi connectivity index (χ0) is 14.1. The fraction of sp³-hybridized carbons (Fsp3) is 0.267. The van der Waals surface area contributed by atoms with Gasteiger partial charge in [-0.25, -0.2) is 0 Å². The largest absolute Gasteiger partial charge is 0.480 e. The molecule has 4 nitrogen and oxygen atoms in total. The Morgan fingerprint density at radius 1 is 1.33 bits per heavy atom. The smallest absolute Gasteiger partial charge is 0.325 e. The van der Waals surface area contributed by atoms with Gasteiger partial charge in [0, 0.05) is 23.0 Å². The van der Waals surface area contributed by atoms with Crippen LogP contribution in [0.5, 0.6) is 0 Å². The minimum Gasteiger partial charge on any atom is -0.480 e. The van der Waals surface area contributed by atoms with Gasteiger partial charge >= 0.3 is 5.97 Å². The summed E-state index contributed by atoms with van der Waals surface area (Å²) in [5.41, 5.74) is 1.90. The van der Waals surface area contributed by atoms with E-state index in [2.05, 4.69) is 11.4 Å². The van der Waals surface area contributed by atoms with Crippen LogP contribution in [0.4, 0.5) is 0 Å². The quantitative estimate of drug-likeness (QED) is 0.943. The molecule has 3 rings (SSSR count). The first-order valence-electron chi connectivity index (χ1n) is 6.43. The standard InChI is InChI=1S/C15H14ClNO2S.H2O/c16-12-4-2-1-3-11(12)14(15(18)19)17-7-5-13-10(9-17)6-8-20-13;/h1-4,6,8,14H,5,7,9H2,(H,18,19);1H2/t14-;/m0./s1. The van der Waals surface area contributed by atoms with Gasteiger partial charge in [0.1, 0.15) is 6.04 Å². The van der Waals surface area contributed by atoms with E-state index in [9.17, 15) is 9.90 Å². The number of hydrogen-bond donors (Lipinski definition) is 1. The molecule has 1 aliphatic rings. The lowest BCUT2D eigenvalue weighted by atomic mass is 10.0. The number of nitrogens with zero attached hydrogens (tertiary/aromatic N) is 1. The summed E-state index contributed by atoms with van der Waals surface area (Å²) in [6, 6.07) is 8.58. The van der Waals surface area contributed by atoms with Crippen molar-refractivity contribution in [3.63, 3.8) is 0 Å². The molecule has 6 heteroatoms. The van der Waals surface area contributed by atoms with Gasteiger partial charge in [-0.15, -0.1) is 11.3 Å². The van der Waals surface area contributed by atoms with Crippen molar-refractivity contribution in [3.8, 4) is 0 Å². The van der Waals surface area contributed by atoms with Crippen molar-refractivity contribution in [1.29, 1.82) is 0 Å². The van der Waals surface area contributed by atoms with E-state index in [1.54, 1.807) is 23.5 Å². The van der Waals surface area contributed by atoms with Crippen molar-refractivity contribution < 1.29 is 15.4 Å². The molecule has 1 aromatic heterocycles. The first-order chi connectivity index (χ1) is 9.66. The third-order valence-electron chi connectivity index (χ3n) is 3.64. The normalized spacial score (nSPS) is 15.9. The molecule has 0 unspecified atom stereocenters. The lowest BCUT2D eigenvalue weighted by Crippen LogP contribution is -2.37. The highest BCUT2D eigenvalue weighted by Gasteiger charge is 2.31. The van der Waals surface area contributed by atoms with Crippen LogP contribution in [-0.2, 0) is 17.8 Å². The Bertz CT molecular complexity index is 643. The van der Waals surface area contributed by atoms with E-state index < -0.39 is 12.0 Å². The molecular formula is C15H16ClNO3S. The van der Waals surface area contributed by atoms with Crippen molar-refractivity contribution >= 4 is 28.9 Å². The van der Waals surface area contributed by atoms with Gasteiger partial charge in [-0.3, -0.25) is 9.69 Å².